The minimum Gasteiger partial charge on any atom is -0.363 e. The van der Waals surface area contributed by atoms with Crippen LogP contribution in [0.5, 0.6) is 0 Å². The van der Waals surface area contributed by atoms with Gasteiger partial charge in [-0.1, -0.05) is 13.8 Å². The van der Waals surface area contributed by atoms with Gasteiger partial charge in [-0.25, -0.2) is 0 Å². The maximum Gasteiger partial charge on any atom is 0.108 e. The Kier molecular flexibility index (Phi) is 5.51. The second kappa shape index (κ2) is 6.20. The van der Waals surface area contributed by atoms with Crippen molar-refractivity contribution < 1.29 is 4.74 Å². The van der Waals surface area contributed by atoms with Crippen LogP contribution in [0, 0.1) is 11.3 Å². The largest absolute Gasteiger partial charge is 0.363 e. The zero-order valence-corrected chi connectivity index (χ0v) is 11.2. The Morgan fingerprint density at radius 2 is 1.94 bits per heavy atom. The van der Waals surface area contributed by atoms with Crippen molar-refractivity contribution in [3.8, 4) is 0 Å². The molecule has 2 rings (SSSR count). The first kappa shape index (κ1) is 14.2. The summed E-state index contributed by atoms with van der Waals surface area (Å²) >= 11 is 0. The predicted molar refractivity (Wildman–Crippen MR) is 69.0 cm³/mol. The van der Waals surface area contributed by atoms with E-state index in [1.54, 1.807) is 0 Å². The Balaban J connectivity index is 0.00000128. The normalized spacial score (nSPS) is 30.8. The molecule has 2 saturated heterocycles. The zero-order valence-electron chi connectivity index (χ0n) is 10.4. The van der Waals surface area contributed by atoms with Gasteiger partial charge in [-0.15, -0.1) is 12.4 Å². The van der Waals surface area contributed by atoms with Gasteiger partial charge in [0.15, 0.2) is 0 Å². The molecule has 0 aromatic carbocycles. The van der Waals surface area contributed by atoms with Gasteiger partial charge in [-0.3, -0.25) is 5.32 Å². The van der Waals surface area contributed by atoms with E-state index in [0.29, 0.717) is 11.6 Å². The Hall–Kier alpha value is 0.170. The third-order valence-corrected chi connectivity index (χ3v) is 3.49. The van der Waals surface area contributed by atoms with Crippen LogP contribution in [0.2, 0.25) is 0 Å². The number of piperidine rings is 1. The smallest absolute Gasteiger partial charge is 0.108 e. The highest BCUT2D eigenvalue weighted by atomic mass is 35.5. The highest BCUT2D eigenvalue weighted by Crippen LogP contribution is 2.24. The lowest BCUT2D eigenvalue weighted by molar-refractivity contribution is -0.0686. The van der Waals surface area contributed by atoms with Crippen molar-refractivity contribution in [2.75, 3.05) is 26.2 Å². The molecule has 4 heteroatoms. The first-order valence-corrected chi connectivity index (χ1v) is 6.21. The quantitative estimate of drug-likeness (QED) is 0.782. The number of ether oxygens (including phenoxy) is 1. The highest BCUT2D eigenvalue weighted by molar-refractivity contribution is 5.85. The van der Waals surface area contributed by atoms with Crippen molar-refractivity contribution in [1.82, 2.24) is 10.6 Å². The van der Waals surface area contributed by atoms with Gasteiger partial charge in [0.1, 0.15) is 6.23 Å². The van der Waals surface area contributed by atoms with Crippen LogP contribution in [0.15, 0.2) is 0 Å². The second-order valence-electron chi connectivity index (χ2n) is 5.77. The van der Waals surface area contributed by atoms with Gasteiger partial charge >= 0.3 is 0 Å². The molecule has 2 N–H and O–H groups in total. The molecule has 1 unspecified atom stereocenters. The molecule has 96 valence electrons. The van der Waals surface area contributed by atoms with Gasteiger partial charge in [0.2, 0.25) is 0 Å². The average molecular weight is 249 g/mol. The van der Waals surface area contributed by atoms with Crippen LogP contribution in [0.25, 0.3) is 0 Å². The molecule has 0 amide bonds. The summed E-state index contributed by atoms with van der Waals surface area (Å²) in [4.78, 5) is 0. The molecule has 0 spiro atoms. The maximum absolute atomic E-state index is 5.86. The maximum atomic E-state index is 5.86. The zero-order chi connectivity index (χ0) is 10.7. The lowest BCUT2D eigenvalue weighted by Gasteiger charge is -2.37. The summed E-state index contributed by atoms with van der Waals surface area (Å²) in [5.41, 5.74) is 0.310. The third-order valence-electron chi connectivity index (χ3n) is 3.49. The standard InChI is InChI=1S/C12H24N2O.ClH/c1-12(2)8-14-11(15-9-12)7-10-3-5-13-6-4-10;/h10-11,13-14H,3-9H2,1-2H3;1H. The van der Waals surface area contributed by atoms with E-state index in [4.69, 9.17) is 4.74 Å². The van der Waals surface area contributed by atoms with Gasteiger partial charge in [-0.05, 0) is 38.3 Å². The molecule has 2 aliphatic rings. The first-order valence-electron chi connectivity index (χ1n) is 6.21. The topological polar surface area (TPSA) is 33.3 Å². The van der Waals surface area contributed by atoms with Crippen LogP contribution >= 0.6 is 12.4 Å². The Morgan fingerprint density at radius 1 is 1.25 bits per heavy atom. The van der Waals surface area contributed by atoms with Crippen LogP contribution in [-0.4, -0.2) is 32.5 Å². The highest BCUT2D eigenvalue weighted by Gasteiger charge is 2.28. The SMILES string of the molecule is CC1(C)CNC(CC2CCNCC2)OC1.Cl. The van der Waals surface area contributed by atoms with E-state index in [2.05, 4.69) is 24.5 Å². The lowest BCUT2D eigenvalue weighted by atomic mass is 9.90. The van der Waals surface area contributed by atoms with Crippen LogP contribution in [0.3, 0.4) is 0 Å². The van der Waals surface area contributed by atoms with E-state index in [0.717, 1.165) is 19.1 Å². The number of halogens is 1. The number of nitrogens with one attached hydrogen (secondary N) is 2. The molecule has 0 saturated carbocycles. The first-order chi connectivity index (χ1) is 7.16. The average Bonchev–Trinajstić information content (AvgIpc) is 2.23. The van der Waals surface area contributed by atoms with E-state index in [-0.39, 0.29) is 12.4 Å². The predicted octanol–water partition coefficient (Wildman–Crippen LogP) is 1.77. The summed E-state index contributed by atoms with van der Waals surface area (Å²) in [5, 5.41) is 6.92. The Morgan fingerprint density at radius 3 is 2.50 bits per heavy atom. The van der Waals surface area contributed by atoms with Crippen molar-refractivity contribution >= 4 is 12.4 Å². The molecule has 0 bridgehead atoms. The lowest BCUT2D eigenvalue weighted by Crippen LogP contribution is -2.48. The fraction of sp³-hybridized carbons (Fsp3) is 1.00. The summed E-state index contributed by atoms with van der Waals surface area (Å²) in [5.74, 6) is 0.852. The van der Waals surface area contributed by atoms with E-state index in [9.17, 15) is 0 Å². The van der Waals surface area contributed by atoms with E-state index >= 15 is 0 Å². The van der Waals surface area contributed by atoms with E-state index < -0.39 is 0 Å². The molecule has 0 aromatic rings. The molecule has 0 aliphatic carbocycles. The van der Waals surface area contributed by atoms with Crippen LogP contribution in [-0.2, 0) is 4.74 Å². The molecule has 0 aromatic heterocycles. The van der Waals surface area contributed by atoms with Crippen LogP contribution in [0.4, 0.5) is 0 Å². The van der Waals surface area contributed by atoms with Crippen molar-refractivity contribution in [2.24, 2.45) is 11.3 Å². The van der Waals surface area contributed by atoms with Crippen molar-refractivity contribution in [3.05, 3.63) is 0 Å². The molecular formula is C12H25ClN2O. The van der Waals surface area contributed by atoms with Crippen molar-refractivity contribution in [2.45, 2.75) is 39.3 Å². The number of hydrogen-bond donors (Lipinski definition) is 2. The fourth-order valence-corrected chi connectivity index (χ4v) is 2.40. The molecule has 0 radical (unpaired) electrons. The van der Waals surface area contributed by atoms with Gasteiger partial charge in [0, 0.05) is 12.0 Å². The Labute approximate surface area is 105 Å². The minimum atomic E-state index is 0. The molecule has 2 fully saturated rings. The van der Waals surface area contributed by atoms with E-state index in [1.165, 1.54) is 32.4 Å². The van der Waals surface area contributed by atoms with Gasteiger partial charge in [0.25, 0.3) is 0 Å². The minimum absolute atomic E-state index is 0. The van der Waals surface area contributed by atoms with E-state index in [1.807, 2.05) is 0 Å². The van der Waals surface area contributed by atoms with Crippen molar-refractivity contribution in [1.29, 1.82) is 0 Å². The van der Waals surface area contributed by atoms with Crippen molar-refractivity contribution in [3.63, 3.8) is 0 Å². The van der Waals surface area contributed by atoms with Gasteiger partial charge in [0.05, 0.1) is 6.61 Å². The second-order valence-corrected chi connectivity index (χ2v) is 5.77. The van der Waals surface area contributed by atoms with Gasteiger partial charge < -0.3 is 10.1 Å². The summed E-state index contributed by atoms with van der Waals surface area (Å²) in [7, 11) is 0. The third kappa shape index (κ3) is 4.21. The summed E-state index contributed by atoms with van der Waals surface area (Å²) in [6.45, 7) is 8.85. The molecule has 3 nitrogen and oxygen atoms in total. The van der Waals surface area contributed by atoms with Gasteiger partial charge in [-0.2, -0.15) is 0 Å². The summed E-state index contributed by atoms with van der Waals surface area (Å²) in [6, 6.07) is 0. The van der Waals surface area contributed by atoms with Crippen LogP contribution in [0.1, 0.15) is 33.1 Å². The summed E-state index contributed by atoms with van der Waals surface area (Å²) < 4.78 is 5.86. The fourth-order valence-electron chi connectivity index (χ4n) is 2.40. The monoisotopic (exact) mass is 248 g/mol. The molecular weight excluding hydrogens is 224 g/mol. The molecule has 2 aliphatic heterocycles. The number of rotatable bonds is 2. The molecule has 1 atom stereocenters. The molecule has 16 heavy (non-hydrogen) atoms. The summed E-state index contributed by atoms with van der Waals surface area (Å²) in [6.07, 6.45) is 4.12. The Bertz CT molecular complexity index is 195. The number of hydrogen-bond acceptors (Lipinski definition) is 3. The molecule has 2 heterocycles. The van der Waals surface area contributed by atoms with Crippen LogP contribution < -0.4 is 10.6 Å².